The van der Waals surface area contributed by atoms with Gasteiger partial charge in [0, 0.05) is 12.4 Å². The molecule has 2 aliphatic rings. The third-order valence-electron chi connectivity index (χ3n) is 4.31. The standard InChI is InChI=1S/C15H20ClNO3S/c16-10-12-4-6-13(7-5-12)11-21(18,19)17-8-9-20-15-3-1-2-14(15)17/h4-7,14-15H,1-3,8-11H2. The van der Waals surface area contributed by atoms with Crippen molar-refractivity contribution in [3.8, 4) is 0 Å². The summed E-state index contributed by atoms with van der Waals surface area (Å²) in [5.74, 6) is 0.499. The number of hydrogen-bond acceptors (Lipinski definition) is 3. The summed E-state index contributed by atoms with van der Waals surface area (Å²) in [6.45, 7) is 0.981. The van der Waals surface area contributed by atoms with Crippen LogP contribution in [0.25, 0.3) is 0 Å². The molecule has 1 aromatic carbocycles. The van der Waals surface area contributed by atoms with Crippen molar-refractivity contribution >= 4 is 21.6 Å². The third-order valence-corrected chi connectivity index (χ3v) is 6.49. The van der Waals surface area contributed by atoms with Crippen LogP contribution in [-0.4, -0.2) is 38.0 Å². The molecule has 1 heterocycles. The van der Waals surface area contributed by atoms with Crippen LogP contribution < -0.4 is 0 Å². The highest BCUT2D eigenvalue weighted by molar-refractivity contribution is 7.88. The van der Waals surface area contributed by atoms with Gasteiger partial charge in [0.15, 0.2) is 0 Å². The molecule has 1 aliphatic carbocycles. The SMILES string of the molecule is O=S(=O)(Cc1ccc(CCl)cc1)N1CCOC2CCCC21. The van der Waals surface area contributed by atoms with E-state index in [4.69, 9.17) is 16.3 Å². The normalized spacial score (nSPS) is 26.7. The van der Waals surface area contributed by atoms with Crippen molar-refractivity contribution in [2.75, 3.05) is 13.2 Å². The zero-order valence-electron chi connectivity index (χ0n) is 11.9. The number of halogens is 1. The lowest BCUT2D eigenvalue weighted by Crippen LogP contribution is -2.51. The quantitative estimate of drug-likeness (QED) is 0.797. The third kappa shape index (κ3) is 3.26. The number of ether oxygens (including phenoxy) is 1. The van der Waals surface area contributed by atoms with E-state index in [1.807, 2.05) is 24.3 Å². The average molecular weight is 330 g/mol. The van der Waals surface area contributed by atoms with Gasteiger partial charge >= 0.3 is 0 Å². The van der Waals surface area contributed by atoms with Crippen LogP contribution >= 0.6 is 11.6 Å². The highest BCUT2D eigenvalue weighted by Crippen LogP contribution is 2.32. The van der Waals surface area contributed by atoms with Gasteiger partial charge in [-0.15, -0.1) is 11.6 Å². The van der Waals surface area contributed by atoms with Crippen molar-refractivity contribution in [2.45, 2.75) is 43.0 Å². The van der Waals surface area contributed by atoms with E-state index < -0.39 is 10.0 Å². The fraction of sp³-hybridized carbons (Fsp3) is 0.600. The second kappa shape index (κ2) is 6.24. The minimum Gasteiger partial charge on any atom is -0.375 e. The van der Waals surface area contributed by atoms with E-state index >= 15 is 0 Å². The number of morpholine rings is 1. The van der Waals surface area contributed by atoms with E-state index in [9.17, 15) is 8.42 Å². The molecular weight excluding hydrogens is 310 g/mol. The maximum atomic E-state index is 12.7. The van der Waals surface area contributed by atoms with Gasteiger partial charge in [-0.3, -0.25) is 0 Å². The predicted molar refractivity (Wildman–Crippen MR) is 82.7 cm³/mol. The minimum absolute atomic E-state index is 0.0332. The maximum absolute atomic E-state index is 12.7. The Balaban J connectivity index is 1.76. The first-order valence-corrected chi connectivity index (χ1v) is 9.49. The second-order valence-corrected chi connectivity index (χ2v) is 7.91. The van der Waals surface area contributed by atoms with Gasteiger partial charge < -0.3 is 4.74 Å². The topological polar surface area (TPSA) is 46.6 Å². The largest absolute Gasteiger partial charge is 0.375 e. The molecule has 0 aromatic heterocycles. The molecule has 1 saturated carbocycles. The van der Waals surface area contributed by atoms with Gasteiger partial charge in [-0.2, -0.15) is 4.31 Å². The van der Waals surface area contributed by atoms with Crippen LogP contribution in [0, 0.1) is 0 Å². The van der Waals surface area contributed by atoms with Gasteiger partial charge in [0.1, 0.15) is 0 Å². The average Bonchev–Trinajstić information content (AvgIpc) is 2.95. The molecule has 2 fully saturated rings. The molecule has 1 saturated heterocycles. The molecule has 0 bridgehead atoms. The highest BCUT2D eigenvalue weighted by atomic mass is 35.5. The summed E-state index contributed by atoms with van der Waals surface area (Å²) in [5, 5.41) is 0. The van der Waals surface area contributed by atoms with Crippen molar-refractivity contribution in [1.82, 2.24) is 4.31 Å². The van der Waals surface area contributed by atoms with Crippen LogP contribution in [0.2, 0.25) is 0 Å². The first-order chi connectivity index (χ1) is 10.1. The number of hydrogen-bond donors (Lipinski definition) is 0. The predicted octanol–water partition coefficient (Wildman–Crippen LogP) is 2.51. The molecule has 0 N–H and O–H groups in total. The Bertz CT molecular complexity index is 587. The first kappa shape index (κ1) is 15.3. The molecular formula is C15H20ClNO3S. The van der Waals surface area contributed by atoms with Crippen LogP contribution in [0.5, 0.6) is 0 Å². The monoisotopic (exact) mass is 329 g/mol. The highest BCUT2D eigenvalue weighted by Gasteiger charge is 2.41. The number of nitrogens with zero attached hydrogens (tertiary/aromatic N) is 1. The Morgan fingerprint density at radius 3 is 2.62 bits per heavy atom. The maximum Gasteiger partial charge on any atom is 0.218 e. The summed E-state index contributed by atoms with van der Waals surface area (Å²) >= 11 is 5.75. The zero-order chi connectivity index (χ0) is 14.9. The van der Waals surface area contributed by atoms with E-state index in [2.05, 4.69) is 0 Å². The van der Waals surface area contributed by atoms with Crippen molar-refractivity contribution < 1.29 is 13.2 Å². The van der Waals surface area contributed by atoms with Crippen LogP contribution in [0.3, 0.4) is 0 Å². The molecule has 21 heavy (non-hydrogen) atoms. The zero-order valence-corrected chi connectivity index (χ0v) is 13.4. The van der Waals surface area contributed by atoms with E-state index in [1.54, 1.807) is 4.31 Å². The molecule has 6 heteroatoms. The summed E-state index contributed by atoms with van der Waals surface area (Å²) in [7, 11) is -3.29. The van der Waals surface area contributed by atoms with Crippen molar-refractivity contribution in [3.63, 3.8) is 0 Å². The van der Waals surface area contributed by atoms with Gasteiger partial charge in [0.2, 0.25) is 10.0 Å². The summed E-state index contributed by atoms with van der Waals surface area (Å²) in [6, 6.07) is 7.50. The number of benzene rings is 1. The fourth-order valence-corrected chi connectivity index (χ4v) is 5.22. The van der Waals surface area contributed by atoms with E-state index in [0.717, 1.165) is 30.4 Å². The Hall–Kier alpha value is -0.620. The lowest BCUT2D eigenvalue weighted by atomic mass is 10.2. The van der Waals surface area contributed by atoms with Crippen LogP contribution in [-0.2, 0) is 26.4 Å². The fourth-order valence-electron chi connectivity index (χ4n) is 3.25. The van der Waals surface area contributed by atoms with Crippen LogP contribution in [0.1, 0.15) is 30.4 Å². The van der Waals surface area contributed by atoms with Gasteiger partial charge in [-0.25, -0.2) is 8.42 Å². The lowest BCUT2D eigenvalue weighted by molar-refractivity contribution is -0.0242. The number of alkyl halides is 1. The Morgan fingerprint density at radius 1 is 1.19 bits per heavy atom. The van der Waals surface area contributed by atoms with Crippen molar-refractivity contribution in [3.05, 3.63) is 35.4 Å². The molecule has 0 spiro atoms. The molecule has 0 radical (unpaired) electrons. The number of sulfonamides is 1. The Labute approximate surface area is 131 Å². The first-order valence-electron chi connectivity index (χ1n) is 7.35. The summed E-state index contributed by atoms with van der Waals surface area (Å²) < 4.78 is 32.8. The Morgan fingerprint density at radius 2 is 1.90 bits per heavy atom. The van der Waals surface area contributed by atoms with Crippen molar-refractivity contribution in [2.24, 2.45) is 0 Å². The molecule has 2 unspecified atom stereocenters. The van der Waals surface area contributed by atoms with Gasteiger partial charge in [0.05, 0.1) is 24.5 Å². The van der Waals surface area contributed by atoms with E-state index in [0.29, 0.717) is 19.0 Å². The lowest BCUT2D eigenvalue weighted by Gasteiger charge is -2.36. The summed E-state index contributed by atoms with van der Waals surface area (Å²) in [4.78, 5) is 0. The van der Waals surface area contributed by atoms with Crippen molar-refractivity contribution in [1.29, 1.82) is 0 Å². The molecule has 1 aliphatic heterocycles. The molecule has 116 valence electrons. The van der Waals surface area contributed by atoms with E-state index in [-0.39, 0.29) is 17.9 Å². The molecule has 0 amide bonds. The second-order valence-electron chi connectivity index (χ2n) is 5.72. The molecule has 1 aromatic rings. The summed E-state index contributed by atoms with van der Waals surface area (Å²) in [5.41, 5.74) is 1.81. The number of fused-ring (bicyclic) bond motifs is 1. The van der Waals surface area contributed by atoms with Gasteiger partial charge in [-0.1, -0.05) is 24.3 Å². The molecule has 3 rings (SSSR count). The minimum atomic E-state index is -3.29. The number of rotatable bonds is 4. The Kier molecular flexibility index (Phi) is 4.54. The molecule has 2 atom stereocenters. The summed E-state index contributed by atoms with van der Waals surface area (Å²) in [6.07, 6.45) is 3.02. The van der Waals surface area contributed by atoms with Gasteiger partial charge in [0.25, 0.3) is 0 Å². The van der Waals surface area contributed by atoms with Crippen LogP contribution in [0.15, 0.2) is 24.3 Å². The smallest absolute Gasteiger partial charge is 0.218 e. The molecule has 4 nitrogen and oxygen atoms in total. The van der Waals surface area contributed by atoms with E-state index in [1.165, 1.54) is 0 Å². The van der Waals surface area contributed by atoms with Gasteiger partial charge in [-0.05, 0) is 30.4 Å². The van der Waals surface area contributed by atoms with Crippen LogP contribution in [0.4, 0.5) is 0 Å².